The predicted molar refractivity (Wildman–Crippen MR) is 87.1 cm³/mol. The van der Waals surface area contributed by atoms with Crippen LogP contribution in [-0.4, -0.2) is 35.1 Å². The highest BCUT2D eigenvalue weighted by molar-refractivity contribution is 7.88. The molecule has 0 spiro atoms. The van der Waals surface area contributed by atoms with Crippen LogP contribution in [0.1, 0.15) is 12.5 Å². The minimum absolute atomic E-state index is 0.515. The fourth-order valence-corrected chi connectivity index (χ4v) is 2.23. The zero-order valence-corrected chi connectivity index (χ0v) is 13.1. The summed E-state index contributed by atoms with van der Waals surface area (Å²) in [5, 5.41) is 8.99. The number of hydrogen-bond acceptors (Lipinski definition) is 4. The molecule has 2 aromatic carbocycles. The average molecular weight is 333 g/mol. The van der Waals surface area contributed by atoms with Crippen LogP contribution in [0.3, 0.4) is 0 Å². The molecule has 0 radical (unpaired) electrons. The number of aliphatic carboxylic acids is 1. The molecule has 0 amide bonds. The van der Waals surface area contributed by atoms with E-state index in [0.29, 0.717) is 5.56 Å². The minimum atomic E-state index is -4.88. The van der Waals surface area contributed by atoms with Gasteiger partial charge in [0.15, 0.2) is 0 Å². The highest BCUT2D eigenvalue weighted by atomic mass is 32.2. The molecule has 0 unspecified atom stereocenters. The molecular formula is C16H15NO5S. The zero-order valence-electron chi connectivity index (χ0n) is 12.2. The third-order valence-electron chi connectivity index (χ3n) is 3.38. The monoisotopic (exact) mass is 333 g/mol. The lowest BCUT2D eigenvalue weighted by atomic mass is 10.0. The van der Waals surface area contributed by atoms with Crippen molar-refractivity contribution in [2.75, 3.05) is 0 Å². The van der Waals surface area contributed by atoms with E-state index >= 15 is 0 Å². The van der Waals surface area contributed by atoms with Crippen molar-refractivity contribution in [3.8, 4) is 11.1 Å². The van der Waals surface area contributed by atoms with E-state index in [-0.39, 0.29) is 0 Å². The first-order valence-electron chi connectivity index (χ1n) is 6.65. The second-order valence-electron chi connectivity index (χ2n) is 5.01. The number of carboxylic acid groups (broad SMARTS) is 1. The van der Waals surface area contributed by atoms with Crippen LogP contribution < -0.4 is 0 Å². The van der Waals surface area contributed by atoms with Gasteiger partial charge in [-0.3, -0.25) is 9.55 Å². The van der Waals surface area contributed by atoms with Gasteiger partial charge in [-0.15, -0.1) is 0 Å². The maximum absolute atomic E-state index is 11.2. The van der Waals surface area contributed by atoms with Gasteiger partial charge >= 0.3 is 16.1 Å². The maximum atomic E-state index is 11.2. The quantitative estimate of drug-likeness (QED) is 0.646. The van der Waals surface area contributed by atoms with Crippen LogP contribution in [0.25, 0.3) is 11.1 Å². The Morgan fingerprint density at radius 3 is 2.04 bits per heavy atom. The molecule has 0 heterocycles. The van der Waals surface area contributed by atoms with E-state index in [4.69, 9.17) is 9.66 Å². The topological polar surface area (TPSA) is 104 Å². The molecule has 1 atom stereocenters. The van der Waals surface area contributed by atoms with Crippen molar-refractivity contribution in [3.63, 3.8) is 0 Å². The number of benzene rings is 2. The third kappa shape index (κ3) is 3.64. The van der Waals surface area contributed by atoms with Gasteiger partial charge in [0.25, 0.3) is 4.87 Å². The first kappa shape index (κ1) is 16.9. The Labute approximate surface area is 133 Å². The first-order valence-corrected chi connectivity index (χ1v) is 8.09. The predicted octanol–water partition coefficient (Wildman–Crippen LogP) is 2.46. The molecule has 7 heteroatoms. The van der Waals surface area contributed by atoms with Crippen LogP contribution in [0.15, 0.2) is 59.6 Å². The highest BCUT2D eigenvalue weighted by Gasteiger charge is 2.45. The number of nitrogens with zero attached hydrogens (tertiary/aromatic N) is 1. The van der Waals surface area contributed by atoms with Crippen LogP contribution in [0.2, 0.25) is 0 Å². The van der Waals surface area contributed by atoms with Crippen molar-refractivity contribution >= 4 is 22.3 Å². The molecule has 2 N–H and O–H groups in total. The van der Waals surface area contributed by atoms with Gasteiger partial charge in [-0.25, -0.2) is 4.79 Å². The van der Waals surface area contributed by atoms with Gasteiger partial charge in [-0.05, 0) is 23.6 Å². The Kier molecular flexibility index (Phi) is 4.63. The normalized spacial score (nSPS) is 14.5. The van der Waals surface area contributed by atoms with Crippen LogP contribution in [0.4, 0.5) is 0 Å². The summed E-state index contributed by atoms with van der Waals surface area (Å²) >= 11 is 0. The Morgan fingerprint density at radius 1 is 1.04 bits per heavy atom. The highest BCUT2D eigenvalue weighted by Crippen LogP contribution is 2.20. The summed E-state index contributed by atoms with van der Waals surface area (Å²) in [6.07, 6.45) is 1.11. The smallest absolute Gasteiger partial charge is 0.349 e. The van der Waals surface area contributed by atoms with E-state index in [1.165, 1.54) is 0 Å². The Balaban J connectivity index is 2.29. The molecule has 23 heavy (non-hydrogen) atoms. The minimum Gasteiger partial charge on any atom is -0.479 e. The van der Waals surface area contributed by atoms with Crippen LogP contribution in [0.5, 0.6) is 0 Å². The molecule has 0 saturated carbocycles. The van der Waals surface area contributed by atoms with E-state index in [9.17, 15) is 13.2 Å². The summed E-state index contributed by atoms with van der Waals surface area (Å²) in [6.45, 7) is 0.819. The van der Waals surface area contributed by atoms with Gasteiger partial charge in [0.1, 0.15) is 0 Å². The van der Waals surface area contributed by atoms with Crippen LogP contribution in [0, 0.1) is 0 Å². The zero-order chi connectivity index (χ0) is 17.1. The van der Waals surface area contributed by atoms with Crippen molar-refractivity contribution < 1.29 is 22.9 Å². The van der Waals surface area contributed by atoms with E-state index < -0.39 is 21.0 Å². The van der Waals surface area contributed by atoms with Crippen LogP contribution >= 0.6 is 0 Å². The van der Waals surface area contributed by atoms with Crippen molar-refractivity contribution in [3.05, 3.63) is 60.2 Å². The first-order chi connectivity index (χ1) is 10.7. The molecule has 0 bridgehead atoms. The number of rotatable bonds is 5. The van der Waals surface area contributed by atoms with Gasteiger partial charge in [-0.1, -0.05) is 54.6 Å². The molecule has 6 nitrogen and oxygen atoms in total. The molecule has 0 fully saturated rings. The third-order valence-corrected chi connectivity index (χ3v) is 4.66. The van der Waals surface area contributed by atoms with Gasteiger partial charge in [-0.2, -0.15) is 8.42 Å². The van der Waals surface area contributed by atoms with Gasteiger partial charge in [0, 0.05) is 6.21 Å². The van der Waals surface area contributed by atoms with Gasteiger partial charge < -0.3 is 5.11 Å². The lowest BCUT2D eigenvalue weighted by Gasteiger charge is -2.15. The molecule has 0 saturated heterocycles. The summed E-state index contributed by atoms with van der Waals surface area (Å²) in [5.41, 5.74) is 2.49. The molecular weight excluding hydrogens is 318 g/mol. The van der Waals surface area contributed by atoms with Crippen molar-refractivity contribution in [2.24, 2.45) is 4.99 Å². The molecule has 0 aliphatic carbocycles. The number of hydrogen-bond donors (Lipinski definition) is 2. The van der Waals surface area contributed by atoms with Crippen LogP contribution in [-0.2, 0) is 14.9 Å². The van der Waals surface area contributed by atoms with E-state index in [1.807, 2.05) is 42.5 Å². The fourth-order valence-electron chi connectivity index (χ4n) is 1.82. The van der Waals surface area contributed by atoms with Crippen molar-refractivity contribution in [1.82, 2.24) is 0 Å². The number of carboxylic acids is 1. The molecule has 2 rings (SSSR count). The summed E-state index contributed by atoms with van der Waals surface area (Å²) in [4.78, 5) is 12.0. The number of aliphatic imine (C=N–C) groups is 1. The standard InChI is InChI=1S/C16H15NO5S/c1-16(15(18)19,23(20,21)22)17-11-12-7-9-14(10-8-12)13-5-3-2-4-6-13/h2-11H,1H3,(H,18,19)(H,20,21,22)/t16-/m1/s1. The van der Waals surface area contributed by atoms with Gasteiger partial charge in [0.05, 0.1) is 0 Å². The van der Waals surface area contributed by atoms with E-state index in [1.54, 1.807) is 12.1 Å². The largest absolute Gasteiger partial charge is 0.479 e. The van der Waals surface area contributed by atoms with E-state index in [2.05, 4.69) is 4.99 Å². The summed E-state index contributed by atoms with van der Waals surface area (Å²) in [7, 11) is -4.88. The molecule has 2 aromatic rings. The Bertz CT molecular complexity index is 829. The second kappa shape index (κ2) is 6.31. The van der Waals surface area contributed by atoms with Gasteiger partial charge in [0.2, 0.25) is 0 Å². The lowest BCUT2D eigenvalue weighted by Crippen LogP contribution is -2.41. The molecule has 0 aliphatic rings. The number of carbonyl (C=O) groups is 1. The average Bonchev–Trinajstić information content (AvgIpc) is 2.52. The SMILES string of the molecule is C[C@](N=Cc1ccc(-c2ccccc2)cc1)(C(=O)O)S(=O)(=O)O. The Morgan fingerprint density at radius 2 is 1.57 bits per heavy atom. The lowest BCUT2D eigenvalue weighted by molar-refractivity contribution is -0.139. The maximum Gasteiger partial charge on any atom is 0.349 e. The summed E-state index contributed by atoms with van der Waals surface area (Å²) in [6, 6.07) is 16.6. The van der Waals surface area contributed by atoms with Crippen molar-refractivity contribution in [1.29, 1.82) is 0 Å². The fraction of sp³-hybridized carbons (Fsp3) is 0.125. The molecule has 0 aliphatic heterocycles. The summed E-state index contributed by atoms with van der Waals surface area (Å²) in [5.74, 6) is -1.75. The molecule has 0 aromatic heterocycles. The second-order valence-corrected chi connectivity index (χ2v) is 6.75. The van der Waals surface area contributed by atoms with Crippen molar-refractivity contribution in [2.45, 2.75) is 11.8 Å². The summed E-state index contributed by atoms with van der Waals surface area (Å²) < 4.78 is 31.5. The Hall–Kier alpha value is -2.51. The molecule has 120 valence electrons. The van der Waals surface area contributed by atoms with E-state index in [0.717, 1.165) is 24.3 Å².